The first-order valence-corrected chi connectivity index (χ1v) is 7.43. The summed E-state index contributed by atoms with van der Waals surface area (Å²) in [5, 5.41) is 3.85. The highest BCUT2D eigenvalue weighted by molar-refractivity contribution is 7.18. The summed E-state index contributed by atoms with van der Waals surface area (Å²) >= 11 is 1.56. The molecule has 0 bridgehead atoms. The molecule has 0 saturated carbocycles. The van der Waals surface area contributed by atoms with E-state index in [1.807, 2.05) is 19.9 Å². The van der Waals surface area contributed by atoms with Gasteiger partial charge in [-0.05, 0) is 32.0 Å². The number of anilines is 1. The van der Waals surface area contributed by atoms with Crippen LogP contribution in [-0.4, -0.2) is 16.5 Å². The van der Waals surface area contributed by atoms with E-state index in [1.165, 1.54) is 6.07 Å². The molecule has 0 unspecified atom stereocenters. The Hall–Kier alpha value is -2.21. The van der Waals surface area contributed by atoms with Crippen LogP contribution in [-0.2, 0) is 0 Å². The van der Waals surface area contributed by atoms with E-state index in [1.54, 1.807) is 29.5 Å². The Kier molecular flexibility index (Phi) is 3.70. The van der Waals surface area contributed by atoms with E-state index in [9.17, 15) is 4.39 Å². The van der Waals surface area contributed by atoms with Crippen molar-refractivity contribution in [3.8, 4) is 11.6 Å². The Morgan fingerprint density at radius 2 is 2.10 bits per heavy atom. The minimum Gasteiger partial charge on any atom is -0.435 e. The zero-order valence-electron chi connectivity index (χ0n) is 11.7. The van der Waals surface area contributed by atoms with Gasteiger partial charge in [0.2, 0.25) is 11.8 Å². The van der Waals surface area contributed by atoms with Crippen LogP contribution in [0.15, 0.2) is 30.3 Å². The molecule has 2 heterocycles. The van der Waals surface area contributed by atoms with Crippen molar-refractivity contribution in [2.24, 2.45) is 0 Å². The van der Waals surface area contributed by atoms with E-state index in [2.05, 4.69) is 15.3 Å². The maximum Gasteiger partial charge on any atom is 0.233 e. The van der Waals surface area contributed by atoms with Gasteiger partial charge < -0.3 is 10.1 Å². The van der Waals surface area contributed by atoms with E-state index in [4.69, 9.17) is 4.74 Å². The molecule has 0 amide bonds. The van der Waals surface area contributed by atoms with Crippen molar-refractivity contribution in [1.82, 2.24) is 9.97 Å². The molecule has 3 rings (SSSR count). The van der Waals surface area contributed by atoms with Gasteiger partial charge >= 0.3 is 0 Å². The Bertz CT molecular complexity index is 788. The number of para-hydroxylation sites is 1. The van der Waals surface area contributed by atoms with Crippen molar-refractivity contribution < 1.29 is 9.13 Å². The Labute approximate surface area is 125 Å². The van der Waals surface area contributed by atoms with Gasteiger partial charge in [-0.3, -0.25) is 0 Å². The molecular weight excluding hydrogens is 289 g/mol. The second-order valence-corrected chi connectivity index (χ2v) is 5.73. The first-order valence-electron chi connectivity index (χ1n) is 6.62. The van der Waals surface area contributed by atoms with Gasteiger partial charge in [0.25, 0.3) is 0 Å². The van der Waals surface area contributed by atoms with E-state index in [0.717, 1.165) is 15.1 Å². The molecule has 0 radical (unpaired) electrons. The van der Waals surface area contributed by atoms with E-state index >= 15 is 0 Å². The lowest BCUT2D eigenvalue weighted by atomic mass is 10.3. The molecular formula is C15H14FN3OS. The molecule has 0 aliphatic heterocycles. The van der Waals surface area contributed by atoms with Crippen LogP contribution < -0.4 is 10.1 Å². The number of aryl methyl sites for hydroxylation is 1. The van der Waals surface area contributed by atoms with Crippen LogP contribution in [0, 0.1) is 12.7 Å². The summed E-state index contributed by atoms with van der Waals surface area (Å²) in [4.78, 5) is 10.7. The molecule has 2 aromatic heterocycles. The number of ether oxygens (including phenoxy) is 1. The van der Waals surface area contributed by atoms with Crippen molar-refractivity contribution >= 4 is 27.5 Å². The number of nitrogens with zero attached hydrogens (tertiary/aromatic N) is 2. The smallest absolute Gasteiger partial charge is 0.233 e. The van der Waals surface area contributed by atoms with E-state index in [0.29, 0.717) is 18.4 Å². The van der Waals surface area contributed by atoms with E-state index in [-0.39, 0.29) is 5.75 Å². The molecule has 0 saturated heterocycles. The van der Waals surface area contributed by atoms with Crippen LogP contribution >= 0.6 is 11.3 Å². The topological polar surface area (TPSA) is 47.0 Å². The van der Waals surface area contributed by atoms with Crippen LogP contribution in [0.1, 0.15) is 11.8 Å². The van der Waals surface area contributed by atoms with Gasteiger partial charge in [0, 0.05) is 11.4 Å². The lowest BCUT2D eigenvalue weighted by Crippen LogP contribution is -2.03. The average Bonchev–Trinajstić information content (AvgIpc) is 2.82. The predicted molar refractivity (Wildman–Crippen MR) is 82.8 cm³/mol. The summed E-state index contributed by atoms with van der Waals surface area (Å²) < 4.78 is 19.4. The number of halogens is 1. The Balaban J connectivity index is 2.09. The second-order valence-electron chi connectivity index (χ2n) is 4.49. The summed E-state index contributed by atoms with van der Waals surface area (Å²) in [5.41, 5.74) is 0. The van der Waals surface area contributed by atoms with Crippen LogP contribution in [0.4, 0.5) is 10.3 Å². The molecule has 0 atom stereocenters. The van der Waals surface area contributed by atoms with Crippen LogP contribution in [0.25, 0.3) is 10.2 Å². The molecule has 108 valence electrons. The third-order valence-electron chi connectivity index (χ3n) is 2.86. The van der Waals surface area contributed by atoms with Gasteiger partial charge in [-0.2, -0.15) is 4.98 Å². The predicted octanol–water partition coefficient (Wildman–Crippen LogP) is 4.36. The van der Waals surface area contributed by atoms with Crippen molar-refractivity contribution in [3.05, 3.63) is 41.0 Å². The zero-order chi connectivity index (χ0) is 14.8. The number of hydrogen-bond acceptors (Lipinski definition) is 5. The van der Waals surface area contributed by atoms with Crippen LogP contribution in [0.2, 0.25) is 0 Å². The third kappa shape index (κ3) is 2.80. The van der Waals surface area contributed by atoms with Gasteiger partial charge in [0.1, 0.15) is 4.83 Å². The molecule has 1 N–H and O–H groups in total. The van der Waals surface area contributed by atoms with E-state index < -0.39 is 5.82 Å². The second kappa shape index (κ2) is 5.65. The molecule has 6 heteroatoms. The summed E-state index contributed by atoms with van der Waals surface area (Å²) in [7, 11) is 0. The SMILES string of the molecule is CCNc1nc(Oc2ccccc2F)c2cc(C)sc2n1. The van der Waals surface area contributed by atoms with Crippen molar-refractivity contribution in [3.63, 3.8) is 0 Å². The summed E-state index contributed by atoms with van der Waals surface area (Å²) in [6.45, 7) is 4.66. The lowest BCUT2D eigenvalue weighted by Gasteiger charge is -2.08. The fourth-order valence-corrected chi connectivity index (χ4v) is 2.83. The summed E-state index contributed by atoms with van der Waals surface area (Å²) in [5.74, 6) is 0.591. The molecule has 21 heavy (non-hydrogen) atoms. The maximum atomic E-state index is 13.7. The average molecular weight is 303 g/mol. The molecule has 4 nitrogen and oxygen atoms in total. The number of hydrogen-bond donors (Lipinski definition) is 1. The van der Waals surface area contributed by atoms with Gasteiger partial charge in [-0.1, -0.05) is 12.1 Å². The lowest BCUT2D eigenvalue weighted by molar-refractivity contribution is 0.432. The highest BCUT2D eigenvalue weighted by Crippen LogP contribution is 2.34. The van der Waals surface area contributed by atoms with Crippen LogP contribution in [0.3, 0.4) is 0 Å². The highest BCUT2D eigenvalue weighted by Gasteiger charge is 2.13. The Morgan fingerprint density at radius 3 is 2.86 bits per heavy atom. The number of aromatic nitrogens is 2. The van der Waals surface area contributed by atoms with Gasteiger partial charge in [0.15, 0.2) is 11.6 Å². The number of fused-ring (bicyclic) bond motifs is 1. The summed E-state index contributed by atoms with van der Waals surface area (Å²) in [6.07, 6.45) is 0. The monoisotopic (exact) mass is 303 g/mol. The molecule has 0 fully saturated rings. The quantitative estimate of drug-likeness (QED) is 0.778. The Morgan fingerprint density at radius 1 is 1.29 bits per heavy atom. The minimum atomic E-state index is -0.416. The zero-order valence-corrected chi connectivity index (χ0v) is 12.5. The fourth-order valence-electron chi connectivity index (χ4n) is 1.96. The van der Waals surface area contributed by atoms with Crippen molar-refractivity contribution in [2.45, 2.75) is 13.8 Å². The largest absolute Gasteiger partial charge is 0.435 e. The molecule has 0 spiro atoms. The van der Waals surface area contributed by atoms with Crippen molar-refractivity contribution in [2.75, 3.05) is 11.9 Å². The third-order valence-corrected chi connectivity index (χ3v) is 3.80. The number of nitrogens with one attached hydrogen (secondary N) is 1. The standard InChI is InChI=1S/C15H14FN3OS/c1-3-17-15-18-13(10-8-9(2)21-14(10)19-15)20-12-7-5-4-6-11(12)16/h4-8H,3H2,1-2H3,(H,17,18,19). The molecule has 0 aliphatic rings. The maximum absolute atomic E-state index is 13.7. The molecule has 3 aromatic rings. The minimum absolute atomic E-state index is 0.156. The molecule has 0 aliphatic carbocycles. The number of benzene rings is 1. The summed E-state index contributed by atoms with van der Waals surface area (Å²) in [6, 6.07) is 8.23. The molecule has 1 aromatic carbocycles. The van der Waals surface area contributed by atoms with Gasteiger partial charge in [-0.25, -0.2) is 9.37 Å². The van der Waals surface area contributed by atoms with Crippen LogP contribution in [0.5, 0.6) is 11.6 Å². The first-order chi connectivity index (χ1) is 10.2. The highest BCUT2D eigenvalue weighted by atomic mass is 32.1. The first kappa shape index (κ1) is 13.8. The normalized spacial score (nSPS) is 10.8. The number of thiophene rings is 1. The van der Waals surface area contributed by atoms with Gasteiger partial charge in [0.05, 0.1) is 5.39 Å². The number of rotatable bonds is 4. The van der Waals surface area contributed by atoms with Gasteiger partial charge in [-0.15, -0.1) is 11.3 Å². The van der Waals surface area contributed by atoms with Crippen molar-refractivity contribution in [1.29, 1.82) is 0 Å². The fraction of sp³-hybridized carbons (Fsp3) is 0.200.